The van der Waals surface area contributed by atoms with Crippen molar-refractivity contribution in [1.82, 2.24) is 15.5 Å². The molecule has 126 valence electrons. The molecular formula is C17H18Cl2N4O. The van der Waals surface area contributed by atoms with Crippen LogP contribution in [0.1, 0.15) is 35.3 Å². The molecule has 5 nitrogen and oxygen atoms in total. The molecule has 1 fully saturated rings. The van der Waals surface area contributed by atoms with Crippen LogP contribution in [-0.4, -0.2) is 29.7 Å². The molecule has 1 aliphatic carbocycles. The van der Waals surface area contributed by atoms with Crippen LogP contribution >= 0.6 is 23.2 Å². The third kappa shape index (κ3) is 3.32. The number of halogens is 2. The summed E-state index contributed by atoms with van der Waals surface area (Å²) >= 11 is 12.2. The van der Waals surface area contributed by atoms with Gasteiger partial charge < -0.3 is 10.6 Å². The summed E-state index contributed by atoms with van der Waals surface area (Å²) in [6.07, 6.45) is 3.35. The van der Waals surface area contributed by atoms with E-state index in [1.54, 1.807) is 19.2 Å². The van der Waals surface area contributed by atoms with Crippen molar-refractivity contribution in [3.05, 3.63) is 51.6 Å². The second kappa shape index (κ2) is 6.95. The molecule has 1 aliphatic rings. The number of carbonyl (C=O) groups is 1. The monoisotopic (exact) mass is 364 g/mol. The standard InChI is InChI=1S/C17H18Cl2N4O/c1-20-16(24)14-5-6-15(23-22-14)21-10-17(7-2-8-17)11-3-4-12(18)13(19)9-11/h3-6,9H,2,7-8,10H2,1H3,(H,20,24)(H,21,23). The van der Waals surface area contributed by atoms with Gasteiger partial charge in [-0.3, -0.25) is 4.79 Å². The van der Waals surface area contributed by atoms with Crippen LogP contribution < -0.4 is 10.6 Å². The van der Waals surface area contributed by atoms with E-state index in [2.05, 4.69) is 20.8 Å². The van der Waals surface area contributed by atoms with Crippen molar-refractivity contribution in [2.45, 2.75) is 24.7 Å². The summed E-state index contributed by atoms with van der Waals surface area (Å²) in [5, 5.41) is 15.0. The Kier molecular flexibility index (Phi) is 4.92. The molecule has 1 saturated carbocycles. The van der Waals surface area contributed by atoms with Crippen LogP contribution in [0.25, 0.3) is 0 Å². The highest BCUT2D eigenvalue weighted by molar-refractivity contribution is 6.42. The predicted octanol–water partition coefficient (Wildman–Crippen LogP) is 3.68. The van der Waals surface area contributed by atoms with Gasteiger partial charge in [0.2, 0.25) is 0 Å². The van der Waals surface area contributed by atoms with E-state index in [4.69, 9.17) is 23.2 Å². The lowest BCUT2D eigenvalue weighted by molar-refractivity contribution is 0.0957. The Balaban J connectivity index is 1.72. The summed E-state index contributed by atoms with van der Waals surface area (Å²) in [5.41, 5.74) is 1.52. The fourth-order valence-corrected chi connectivity index (χ4v) is 3.23. The van der Waals surface area contributed by atoms with Crippen LogP contribution in [0.5, 0.6) is 0 Å². The lowest BCUT2D eigenvalue weighted by Gasteiger charge is -2.42. The number of anilines is 1. The summed E-state index contributed by atoms with van der Waals surface area (Å²) in [6.45, 7) is 0.735. The zero-order valence-electron chi connectivity index (χ0n) is 13.3. The largest absolute Gasteiger partial charge is 0.368 e. The molecule has 3 rings (SSSR count). The molecule has 0 spiro atoms. The van der Waals surface area contributed by atoms with Gasteiger partial charge in [-0.2, -0.15) is 0 Å². The van der Waals surface area contributed by atoms with E-state index < -0.39 is 0 Å². The number of hydrogen-bond acceptors (Lipinski definition) is 4. The van der Waals surface area contributed by atoms with Crippen LogP contribution in [0, 0.1) is 0 Å². The molecule has 1 amide bonds. The molecule has 2 N–H and O–H groups in total. The Morgan fingerprint density at radius 3 is 2.50 bits per heavy atom. The molecule has 0 atom stereocenters. The van der Waals surface area contributed by atoms with Crippen molar-refractivity contribution in [2.75, 3.05) is 18.9 Å². The highest BCUT2D eigenvalue weighted by Gasteiger charge is 2.38. The minimum absolute atomic E-state index is 0.0371. The first-order valence-electron chi connectivity index (χ1n) is 7.79. The molecule has 0 bridgehead atoms. The minimum atomic E-state index is -0.250. The number of hydrogen-bond donors (Lipinski definition) is 2. The molecule has 24 heavy (non-hydrogen) atoms. The fraction of sp³-hybridized carbons (Fsp3) is 0.353. The molecule has 0 radical (unpaired) electrons. The first kappa shape index (κ1) is 17.0. The molecule has 0 unspecified atom stereocenters. The zero-order valence-corrected chi connectivity index (χ0v) is 14.8. The van der Waals surface area contributed by atoms with Crippen molar-refractivity contribution >= 4 is 34.9 Å². The Hall–Kier alpha value is -1.85. The van der Waals surface area contributed by atoms with Crippen LogP contribution in [-0.2, 0) is 5.41 Å². The summed E-state index contributed by atoms with van der Waals surface area (Å²) in [4.78, 5) is 11.5. The van der Waals surface area contributed by atoms with Gasteiger partial charge in [-0.05, 0) is 42.7 Å². The van der Waals surface area contributed by atoms with Gasteiger partial charge in [-0.1, -0.05) is 35.7 Å². The second-order valence-corrected chi connectivity index (χ2v) is 6.81. The van der Waals surface area contributed by atoms with Gasteiger partial charge >= 0.3 is 0 Å². The van der Waals surface area contributed by atoms with Gasteiger partial charge in [-0.15, -0.1) is 10.2 Å². The van der Waals surface area contributed by atoms with E-state index in [0.29, 0.717) is 21.6 Å². The summed E-state index contributed by atoms with van der Waals surface area (Å²) in [7, 11) is 1.56. The Morgan fingerprint density at radius 2 is 1.96 bits per heavy atom. The van der Waals surface area contributed by atoms with Crippen molar-refractivity contribution in [3.63, 3.8) is 0 Å². The maximum Gasteiger partial charge on any atom is 0.271 e. The Morgan fingerprint density at radius 1 is 1.17 bits per heavy atom. The SMILES string of the molecule is CNC(=O)c1ccc(NCC2(c3ccc(Cl)c(Cl)c3)CCC2)nn1. The molecule has 7 heteroatoms. The molecular weight excluding hydrogens is 347 g/mol. The predicted molar refractivity (Wildman–Crippen MR) is 95.9 cm³/mol. The normalized spacial score (nSPS) is 15.5. The highest BCUT2D eigenvalue weighted by Crippen LogP contribution is 2.45. The van der Waals surface area contributed by atoms with E-state index in [9.17, 15) is 4.79 Å². The van der Waals surface area contributed by atoms with Gasteiger partial charge in [0.05, 0.1) is 10.0 Å². The lowest BCUT2D eigenvalue weighted by Crippen LogP contribution is -2.41. The van der Waals surface area contributed by atoms with Gasteiger partial charge in [-0.25, -0.2) is 0 Å². The van der Waals surface area contributed by atoms with E-state index in [1.807, 2.05) is 18.2 Å². The number of nitrogens with one attached hydrogen (secondary N) is 2. The van der Waals surface area contributed by atoms with E-state index in [0.717, 1.165) is 19.4 Å². The van der Waals surface area contributed by atoms with Crippen LogP contribution in [0.4, 0.5) is 5.82 Å². The molecule has 0 aliphatic heterocycles. The molecule has 2 aromatic rings. The molecule has 0 saturated heterocycles. The van der Waals surface area contributed by atoms with Gasteiger partial charge in [0, 0.05) is 19.0 Å². The first-order valence-corrected chi connectivity index (χ1v) is 8.55. The van der Waals surface area contributed by atoms with Crippen molar-refractivity contribution in [1.29, 1.82) is 0 Å². The third-order valence-corrected chi connectivity index (χ3v) is 5.31. The second-order valence-electron chi connectivity index (χ2n) is 6.00. The maximum atomic E-state index is 11.5. The van der Waals surface area contributed by atoms with Crippen molar-refractivity contribution in [3.8, 4) is 0 Å². The van der Waals surface area contributed by atoms with Gasteiger partial charge in [0.1, 0.15) is 5.82 Å². The summed E-state index contributed by atoms with van der Waals surface area (Å²) in [6, 6.07) is 9.25. The van der Waals surface area contributed by atoms with Crippen molar-refractivity contribution in [2.24, 2.45) is 0 Å². The van der Waals surface area contributed by atoms with Crippen LogP contribution in [0.3, 0.4) is 0 Å². The number of aromatic nitrogens is 2. The number of nitrogens with zero attached hydrogens (tertiary/aromatic N) is 2. The molecule has 1 heterocycles. The average Bonchev–Trinajstić information content (AvgIpc) is 2.57. The maximum absolute atomic E-state index is 11.5. The van der Waals surface area contributed by atoms with Gasteiger partial charge in [0.15, 0.2) is 5.69 Å². The first-order chi connectivity index (χ1) is 11.5. The van der Waals surface area contributed by atoms with Gasteiger partial charge in [0.25, 0.3) is 5.91 Å². The smallest absolute Gasteiger partial charge is 0.271 e. The van der Waals surface area contributed by atoms with Crippen LogP contribution in [0.2, 0.25) is 10.0 Å². The average molecular weight is 365 g/mol. The summed E-state index contributed by atoms with van der Waals surface area (Å²) < 4.78 is 0. The molecule has 1 aromatic heterocycles. The highest BCUT2D eigenvalue weighted by atomic mass is 35.5. The number of amides is 1. The summed E-state index contributed by atoms with van der Waals surface area (Å²) in [5.74, 6) is 0.398. The Labute approximate surface area is 150 Å². The quantitative estimate of drug-likeness (QED) is 0.848. The fourth-order valence-electron chi connectivity index (χ4n) is 2.93. The number of carbonyl (C=O) groups excluding carboxylic acids is 1. The van der Waals surface area contributed by atoms with E-state index in [-0.39, 0.29) is 11.3 Å². The lowest BCUT2D eigenvalue weighted by atomic mass is 9.64. The van der Waals surface area contributed by atoms with Crippen LogP contribution in [0.15, 0.2) is 30.3 Å². The Bertz CT molecular complexity index is 745. The third-order valence-electron chi connectivity index (χ3n) is 4.57. The van der Waals surface area contributed by atoms with Crippen molar-refractivity contribution < 1.29 is 4.79 Å². The minimum Gasteiger partial charge on any atom is -0.368 e. The topological polar surface area (TPSA) is 66.9 Å². The van der Waals surface area contributed by atoms with E-state index >= 15 is 0 Å². The number of rotatable bonds is 5. The zero-order chi connectivity index (χ0) is 17.2. The molecule has 1 aromatic carbocycles. The van der Waals surface area contributed by atoms with E-state index in [1.165, 1.54) is 12.0 Å². The number of benzene rings is 1.